The predicted octanol–water partition coefficient (Wildman–Crippen LogP) is 4.26. The number of benzene rings is 2. The zero-order chi connectivity index (χ0) is 14.4. The van der Waals surface area contributed by atoms with E-state index in [1.54, 1.807) is 7.11 Å². The molecule has 0 aliphatic heterocycles. The van der Waals surface area contributed by atoms with Crippen molar-refractivity contribution in [3.63, 3.8) is 0 Å². The largest absolute Gasteiger partial charge is 0.493 e. The first-order valence-corrected chi connectivity index (χ1v) is 7.25. The van der Waals surface area contributed by atoms with Gasteiger partial charge in [-0.25, -0.2) is 0 Å². The number of hydrogen-bond donors (Lipinski definition) is 1. The first kappa shape index (κ1) is 14.7. The van der Waals surface area contributed by atoms with Crippen LogP contribution in [0.5, 0.6) is 11.5 Å². The normalized spacial score (nSPS) is 10.2. The van der Waals surface area contributed by atoms with E-state index in [1.165, 1.54) is 0 Å². The Hall–Kier alpha value is -1.68. The summed E-state index contributed by atoms with van der Waals surface area (Å²) >= 11 is 3.41. The molecular weight excluding hydrogens is 318 g/mol. The van der Waals surface area contributed by atoms with Gasteiger partial charge in [0.15, 0.2) is 11.5 Å². The number of rotatable bonds is 6. The molecule has 0 heterocycles. The summed E-state index contributed by atoms with van der Waals surface area (Å²) in [6.07, 6.45) is 0. The Kier molecular flexibility index (Phi) is 5.30. The van der Waals surface area contributed by atoms with Crippen LogP contribution in [0.25, 0.3) is 0 Å². The fraction of sp³-hybridized carbons (Fsp3) is 0.250. The van der Waals surface area contributed by atoms with E-state index in [0.29, 0.717) is 6.61 Å². The van der Waals surface area contributed by atoms with Crippen LogP contribution in [0.15, 0.2) is 46.9 Å². The molecule has 0 aromatic heterocycles. The van der Waals surface area contributed by atoms with E-state index in [4.69, 9.17) is 9.47 Å². The maximum Gasteiger partial charge on any atom is 0.161 e. The fourth-order valence-electron chi connectivity index (χ4n) is 1.82. The second-order valence-electron chi connectivity index (χ2n) is 4.44. The Balaban J connectivity index is 1.82. The van der Waals surface area contributed by atoms with Crippen LogP contribution in [0.3, 0.4) is 0 Å². The quantitative estimate of drug-likeness (QED) is 0.800. The third kappa shape index (κ3) is 4.17. The van der Waals surface area contributed by atoms with Gasteiger partial charge in [0.1, 0.15) is 6.61 Å². The molecule has 20 heavy (non-hydrogen) atoms. The van der Waals surface area contributed by atoms with Gasteiger partial charge in [0.25, 0.3) is 0 Å². The third-order valence-electron chi connectivity index (χ3n) is 2.85. The molecule has 0 fully saturated rings. The number of aryl methyl sites for hydroxylation is 1. The first-order chi connectivity index (χ1) is 9.69. The number of methoxy groups -OCH3 is 1. The molecule has 0 aliphatic carbocycles. The molecule has 2 aromatic rings. The van der Waals surface area contributed by atoms with Crippen LogP contribution < -0.4 is 14.8 Å². The van der Waals surface area contributed by atoms with E-state index in [-0.39, 0.29) is 0 Å². The van der Waals surface area contributed by atoms with Gasteiger partial charge in [-0.2, -0.15) is 0 Å². The van der Waals surface area contributed by atoms with Crippen molar-refractivity contribution in [1.82, 2.24) is 0 Å². The van der Waals surface area contributed by atoms with Crippen molar-refractivity contribution < 1.29 is 9.47 Å². The molecule has 0 radical (unpaired) electrons. The Bertz CT molecular complexity index is 555. The van der Waals surface area contributed by atoms with E-state index in [9.17, 15) is 0 Å². The molecule has 106 valence electrons. The summed E-state index contributed by atoms with van der Waals surface area (Å²) in [7, 11) is 1.65. The van der Waals surface area contributed by atoms with Gasteiger partial charge in [-0.15, -0.1) is 0 Å². The minimum Gasteiger partial charge on any atom is -0.493 e. The lowest BCUT2D eigenvalue weighted by molar-refractivity contribution is 0.305. The van der Waals surface area contributed by atoms with Crippen molar-refractivity contribution in [2.24, 2.45) is 0 Å². The van der Waals surface area contributed by atoms with Gasteiger partial charge < -0.3 is 14.8 Å². The van der Waals surface area contributed by atoms with Gasteiger partial charge in [0.2, 0.25) is 0 Å². The van der Waals surface area contributed by atoms with E-state index >= 15 is 0 Å². The summed E-state index contributed by atoms with van der Waals surface area (Å²) < 4.78 is 12.1. The zero-order valence-electron chi connectivity index (χ0n) is 11.7. The summed E-state index contributed by atoms with van der Waals surface area (Å²) in [5, 5.41) is 3.30. The number of anilines is 1. The minimum atomic E-state index is 0.579. The van der Waals surface area contributed by atoms with E-state index in [2.05, 4.69) is 21.2 Å². The third-order valence-corrected chi connectivity index (χ3v) is 3.38. The highest BCUT2D eigenvalue weighted by molar-refractivity contribution is 9.10. The molecule has 0 bridgehead atoms. The molecule has 1 N–H and O–H groups in total. The fourth-order valence-corrected chi connectivity index (χ4v) is 2.08. The van der Waals surface area contributed by atoms with Crippen LogP contribution in [0.1, 0.15) is 5.56 Å². The molecule has 0 saturated carbocycles. The highest BCUT2D eigenvalue weighted by atomic mass is 79.9. The molecule has 0 saturated heterocycles. The molecule has 0 aliphatic rings. The summed E-state index contributed by atoms with van der Waals surface area (Å²) in [5.74, 6) is 1.55. The van der Waals surface area contributed by atoms with Crippen molar-refractivity contribution in [2.75, 3.05) is 25.6 Å². The summed E-state index contributed by atoms with van der Waals surface area (Å²) in [5.41, 5.74) is 2.23. The molecule has 2 aromatic carbocycles. The van der Waals surface area contributed by atoms with Crippen LogP contribution in [-0.2, 0) is 0 Å². The average Bonchev–Trinajstić information content (AvgIpc) is 2.46. The smallest absolute Gasteiger partial charge is 0.161 e. The van der Waals surface area contributed by atoms with Crippen LogP contribution in [0.4, 0.5) is 5.69 Å². The van der Waals surface area contributed by atoms with E-state index in [0.717, 1.165) is 33.8 Å². The van der Waals surface area contributed by atoms with Crippen molar-refractivity contribution in [3.8, 4) is 11.5 Å². The molecule has 2 rings (SSSR count). The molecule has 0 unspecified atom stereocenters. The van der Waals surface area contributed by atoms with E-state index in [1.807, 2.05) is 49.4 Å². The van der Waals surface area contributed by atoms with E-state index < -0.39 is 0 Å². The van der Waals surface area contributed by atoms with Crippen LogP contribution >= 0.6 is 15.9 Å². The lowest BCUT2D eigenvalue weighted by Crippen LogP contribution is -2.11. The number of nitrogens with one attached hydrogen (secondary N) is 1. The van der Waals surface area contributed by atoms with Gasteiger partial charge in [-0.1, -0.05) is 22.0 Å². The molecule has 0 atom stereocenters. The van der Waals surface area contributed by atoms with Crippen molar-refractivity contribution >= 4 is 21.6 Å². The van der Waals surface area contributed by atoms with Crippen LogP contribution in [0, 0.1) is 6.92 Å². The summed E-state index contributed by atoms with van der Waals surface area (Å²) in [6.45, 7) is 3.34. The predicted molar refractivity (Wildman–Crippen MR) is 85.9 cm³/mol. The van der Waals surface area contributed by atoms with Gasteiger partial charge in [0.05, 0.1) is 7.11 Å². The van der Waals surface area contributed by atoms with Gasteiger partial charge in [-0.05, 0) is 48.9 Å². The van der Waals surface area contributed by atoms with Crippen molar-refractivity contribution in [2.45, 2.75) is 6.92 Å². The average molecular weight is 336 g/mol. The van der Waals surface area contributed by atoms with Gasteiger partial charge >= 0.3 is 0 Å². The Morgan fingerprint density at radius 2 is 1.80 bits per heavy atom. The second-order valence-corrected chi connectivity index (χ2v) is 5.35. The minimum absolute atomic E-state index is 0.579. The van der Waals surface area contributed by atoms with Crippen molar-refractivity contribution in [3.05, 3.63) is 52.5 Å². The molecular formula is C16H18BrNO2. The second kappa shape index (κ2) is 7.20. The summed E-state index contributed by atoms with van der Waals surface area (Å²) in [4.78, 5) is 0. The van der Waals surface area contributed by atoms with Gasteiger partial charge in [0, 0.05) is 16.7 Å². The number of ether oxygens (including phenoxy) is 2. The molecule has 3 nitrogen and oxygen atoms in total. The molecule has 4 heteroatoms. The number of halogens is 1. The topological polar surface area (TPSA) is 30.5 Å². The lowest BCUT2D eigenvalue weighted by Gasteiger charge is -2.12. The first-order valence-electron chi connectivity index (χ1n) is 6.46. The summed E-state index contributed by atoms with van der Waals surface area (Å²) in [6, 6.07) is 14.0. The maximum atomic E-state index is 5.73. The lowest BCUT2D eigenvalue weighted by atomic mass is 10.2. The van der Waals surface area contributed by atoms with Gasteiger partial charge in [-0.3, -0.25) is 0 Å². The number of hydrogen-bond acceptors (Lipinski definition) is 3. The Labute approximate surface area is 128 Å². The highest BCUT2D eigenvalue weighted by Gasteiger charge is 2.03. The Morgan fingerprint density at radius 3 is 2.50 bits per heavy atom. The highest BCUT2D eigenvalue weighted by Crippen LogP contribution is 2.27. The molecule has 0 spiro atoms. The zero-order valence-corrected chi connectivity index (χ0v) is 13.2. The maximum absolute atomic E-state index is 5.73. The van der Waals surface area contributed by atoms with Crippen LogP contribution in [-0.4, -0.2) is 20.3 Å². The SMILES string of the molecule is COc1cc(C)ccc1OCCNc1ccc(Br)cc1. The standard InChI is InChI=1S/C16H18BrNO2/c1-12-3-8-15(16(11-12)19-2)20-10-9-18-14-6-4-13(17)5-7-14/h3-8,11,18H,9-10H2,1-2H3. The molecule has 0 amide bonds. The van der Waals surface area contributed by atoms with Crippen LogP contribution in [0.2, 0.25) is 0 Å². The Morgan fingerprint density at radius 1 is 1.05 bits per heavy atom. The monoisotopic (exact) mass is 335 g/mol. The van der Waals surface area contributed by atoms with Crippen molar-refractivity contribution in [1.29, 1.82) is 0 Å².